The second-order valence-electron chi connectivity index (χ2n) is 6.39. The number of benzene rings is 2. The number of aromatic nitrogens is 4. The molecule has 0 aliphatic rings. The van der Waals surface area contributed by atoms with Crippen molar-refractivity contribution in [1.29, 1.82) is 0 Å². The fraction of sp³-hybridized carbons (Fsp3) is 0.200. The fourth-order valence-electron chi connectivity index (χ4n) is 2.67. The topological polar surface area (TPSA) is 76.7 Å². The summed E-state index contributed by atoms with van der Waals surface area (Å²) in [5.41, 5.74) is 4.36. The first kappa shape index (κ1) is 18.6. The van der Waals surface area contributed by atoms with Crippen LogP contribution in [0.5, 0.6) is 0 Å². The van der Waals surface area contributed by atoms with E-state index in [2.05, 4.69) is 57.8 Å². The maximum atomic E-state index is 5.83. The van der Waals surface area contributed by atoms with Gasteiger partial charge >= 0.3 is 0 Å². The lowest BCUT2D eigenvalue weighted by molar-refractivity contribution is 0.509. The third kappa shape index (κ3) is 4.23. The third-order valence-electron chi connectivity index (χ3n) is 4.12. The molecule has 1 N–H and O–H groups in total. The molecule has 0 bridgehead atoms. The first-order valence-corrected chi connectivity index (χ1v) is 10.5. The molecule has 0 fully saturated rings. The Bertz CT molecular complexity index is 1080. The molecule has 0 amide bonds. The molecule has 4 rings (SSSR count). The first-order valence-electron chi connectivity index (χ1n) is 8.82. The second-order valence-corrected chi connectivity index (χ2v) is 8.95. The Kier molecular flexibility index (Phi) is 5.40. The van der Waals surface area contributed by atoms with Gasteiger partial charge in [-0.2, -0.15) is 0 Å². The van der Waals surface area contributed by atoms with E-state index in [1.165, 1.54) is 22.5 Å². The van der Waals surface area contributed by atoms with E-state index >= 15 is 0 Å². The number of hydrogen-bond acceptors (Lipinski definition) is 8. The standard InChI is InChI=1S/C20H19N5OS2/c1-12-9-10-16(13(2)11-12)21-19-24-25-20(28-19)27-14(3)17-22-23-18(26-17)15-7-5-4-6-8-15/h4-11,14H,1-3H3,(H,21,24)/t14-/m1/s1. The Morgan fingerprint density at radius 2 is 1.82 bits per heavy atom. The zero-order valence-corrected chi connectivity index (χ0v) is 17.3. The van der Waals surface area contributed by atoms with Gasteiger partial charge in [-0.15, -0.1) is 20.4 Å². The summed E-state index contributed by atoms with van der Waals surface area (Å²) in [6.45, 7) is 6.18. The van der Waals surface area contributed by atoms with Gasteiger partial charge in [-0.05, 0) is 44.5 Å². The predicted octanol–water partition coefficient (Wildman–Crippen LogP) is 5.80. The van der Waals surface area contributed by atoms with Gasteiger partial charge in [0, 0.05) is 11.3 Å². The number of thioether (sulfide) groups is 1. The molecule has 0 saturated carbocycles. The van der Waals surface area contributed by atoms with Gasteiger partial charge in [-0.3, -0.25) is 0 Å². The van der Waals surface area contributed by atoms with E-state index in [4.69, 9.17) is 4.42 Å². The van der Waals surface area contributed by atoms with Gasteiger partial charge in [0.1, 0.15) is 0 Å². The minimum Gasteiger partial charge on any atom is -0.419 e. The summed E-state index contributed by atoms with van der Waals surface area (Å²) in [5, 5.41) is 20.9. The molecule has 0 aliphatic carbocycles. The van der Waals surface area contributed by atoms with E-state index in [0.717, 1.165) is 20.7 Å². The zero-order valence-electron chi connectivity index (χ0n) is 15.7. The van der Waals surface area contributed by atoms with E-state index in [9.17, 15) is 0 Å². The van der Waals surface area contributed by atoms with Gasteiger partial charge in [0.15, 0.2) is 4.34 Å². The monoisotopic (exact) mass is 409 g/mol. The molecular formula is C20H19N5OS2. The summed E-state index contributed by atoms with van der Waals surface area (Å²) in [6, 6.07) is 16.0. The summed E-state index contributed by atoms with van der Waals surface area (Å²) in [6.07, 6.45) is 0. The lowest BCUT2D eigenvalue weighted by Crippen LogP contribution is -1.92. The van der Waals surface area contributed by atoms with E-state index in [-0.39, 0.29) is 5.25 Å². The van der Waals surface area contributed by atoms with Crippen molar-refractivity contribution >= 4 is 33.9 Å². The van der Waals surface area contributed by atoms with Crippen LogP contribution in [0.15, 0.2) is 57.3 Å². The Labute approximate surface area is 171 Å². The van der Waals surface area contributed by atoms with Crippen LogP contribution in [-0.2, 0) is 0 Å². The Morgan fingerprint density at radius 1 is 1.00 bits per heavy atom. The van der Waals surface area contributed by atoms with E-state index in [1.54, 1.807) is 11.8 Å². The summed E-state index contributed by atoms with van der Waals surface area (Å²) in [4.78, 5) is 0. The quantitative estimate of drug-likeness (QED) is 0.403. The van der Waals surface area contributed by atoms with Gasteiger partial charge < -0.3 is 9.73 Å². The minimum atomic E-state index is -0.0214. The van der Waals surface area contributed by atoms with Crippen LogP contribution < -0.4 is 5.32 Å². The lowest BCUT2D eigenvalue weighted by atomic mass is 10.1. The smallest absolute Gasteiger partial charge is 0.247 e. The highest BCUT2D eigenvalue weighted by atomic mass is 32.2. The predicted molar refractivity (Wildman–Crippen MR) is 113 cm³/mol. The van der Waals surface area contributed by atoms with Crippen LogP contribution in [0.2, 0.25) is 0 Å². The summed E-state index contributed by atoms with van der Waals surface area (Å²) in [5.74, 6) is 1.10. The Balaban J connectivity index is 1.43. The highest BCUT2D eigenvalue weighted by Crippen LogP contribution is 2.38. The molecular weight excluding hydrogens is 390 g/mol. The molecule has 0 saturated heterocycles. The van der Waals surface area contributed by atoms with Crippen molar-refractivity contribution < 1.29 is 4.42 Å². The van der Waals surface area contributed by atoms with Crippen molar-refractivity contribution in [3.05, 3.63) is 65.5 Å². The number of anilines is 2. The van der Waals surface area contributed by atoms with E-state index in [0.29, 0.717) is 11.8 Å². The Hall–Kier alpha value is -2.71. The van der Waals surface area contributed by atoms with Gasteiger partial charge in [-0.25, -0.2) is 0 Å². The van der Waals surface area contributed by atoms with Crippen molar-refractivity contribution in [1.82, 2.24) is 20.4 Å². The summed E-state index contributed by atoms with van der Waals surface area (Å²) >= 11 is 3.06. The zero-order chi connectivity index (χ0) is 19.5. The van der Waals surface area contributed by atoms with E-state index < -0.39 is 0 Å². The number of rotatable bonds is 6. The average molecular weight is 410 g/mol. The number of aryl methyl sites for hydroxylation is 2. The third-order valence-corrected chi connectivity index (χ3v) is 6.13. The van der Waals surface area contributed by atoms with Gasteiger partial charge in [0.25, 0.3) is 0 Å². The van der Waals surface area contributed by atoms with E-state index in [1.807, 2.05) is 37.3 Å². The molecule has 2 heterocycles. The second kappa shape index (κ2) is 8.12. The van der Waals surface area contributed by atoms with Crippen LogP contribution in [0.4, 0.5) is 10.8 Å². The Morgan fingerprint density at radius 3 is 2.61 bits per heavy atom. The van der Waals surface area contributed by atoms with Crippen LogP contribution >= 0.6 is 23.1 Å². The highest BCUT2D eigenvalue weighted by Gasteiger charge is 2.18. The van der Waals surface area contributed by atoms with Gasteiger partial charge in [-0.1, -0.05) is 59.0 Å². The minimum absolute atomic E-state index is 0.0214. The molecule has 6 nitrogen and oxygen atoms in total. The molecule has 142 valence electrons. The molecule has 0 unspecified atom stereocenters. The van der Waals surface area contributed by atoms with Crippen molar-refractivity contribution in [3.63, 3.8) is 0 Å². The molecule has 28 heavy (non-hydrogen) atoms. The summed E-state index contributed by atoms with van der Waals surface area (Å²) < 4.78 is 6.68. The normalized spacial score (nSPS) is 12.1. The lowest BCUT2D eigenvalue weighted by Gasteiger charge is -2.06. The number of hydrogen-bond donors (Lipinski definition) is 1. The van der Waals surface area contributed by atoms with Crippen LogP contribution in [0.1, 0.15) is 29.2 Å². The van der Waals surface area contributed by atoms with Crippen molar-refractivity contribution in [2.24, 2.45) is 0 Å². The maximum Gasteiger partial charge on any atom is 0.247 e. The molecule has 0 spiro atoms. The molecule has 1 atom stereocenters. The van der Waals surface area contributed by atoms with Gasteiger partial charge in [0.2, 0.25) is 16.9 Å². The largest absolute Gasteiger partial charge is 0.419 e. The van der Waals surface area contributed by atoms with Gasteiger partial charge in [0.05, 0.1) is 5.25 Å². The molecule has 0 radical (unpaired) electrons. The first-order chi connectivity index (χ1) is 13.6. The molecule has 0 aliphatic heterocycles. The van der Waals surface area contributed by atoms with Crippen molar-refractivity contribution in [3.8, 4) is 11.5 Å². The fourth-order valence-corrected chi connectivity index (χ4v) is 4.61. The molecule has 2 aromatic heterocycles. The van der Waals surface area contributed by atoms with Crippen LogP contribution in [-0.4, -0.2) is 20.4 Å². The number of nitrogens with zero attached hydrogens (tertiary/aromatic N) is 4. The molecule has 8 heteroatoms. The average Bonchev–Trinajstić information content (AvgIpc) is 3.35. The van der Waals surface area contributed by atoms with Crippen molar-refractivity contribution in [2.75, 3.05) is 5.32 Å². The summed E-state index contributed by atoms with van der Waals surface area (Å²) in [7, 11) is 0. The number of nitrogens with one attached hydrogen (secondary N) is 1. The SMILES string of the molecule is Cc1ccc(Nc2nnc(S[C@H](C)c3nnc(-c4ccccc4)o3)s2)c(C)c1. The van der Waals surface area contributed by atoms with Crippen LogP contribution in [0, 0.1) is 13.8 Å². The molecule has 2 aromatic carbocycles. The molecule has 4 aromatic rings. The van der Waals surface area contributed by atoms with Crippen LogP contribution in [0.3, 0.4) is 0 Å². The highest BCUT2D eigenvalue weighted by molar-refractivity contribution is 8.01. The van der Waals surface area contributed by atoms with Crippen LogP contribution in [0.25, 0.3) is 11.5 Å². The van der Waals surface area contributed by atoms with Crippen molar-refractivity contribution in [2.45, 2.75) is 30.4 Å². The maximum absolute atomic E-state index is 5.83.